The van der Waals surface area contributed by atoms with Crippen molar-refractivity contribution >= 4 is 15.9 Å². The van der Waals surface area contributed by atoms with Crippen LogP contribution in [0.1, 0.15) is 26.2 Å². The van der Waals surface area contributed by atoms with Gasteiger partial charge in [0.05, 0.1) is 12.7 Å². The van der Waals surface area contributed by atoms with Crippen LogP contribution in [0.25, 0.3) is 0 Å². The normalized spacial score (nSPS) is 11.4. The van der Waals surface area contributed by atoms with Gasteiger partial charge in [-0.05, 0) is 24.6 Å². The van der Waals surface area contributed by atoms with Crippen LogP contribution in [0.4, 0.5) is 0 Å². The molecular formula is C18H23N3O5S. The molecule has 2 N–H and O–H groups in total. The van der Waals surface area contributed by atoms with E-state index in [1.807, 2.05) is 25.1 Å². The zero-order valence-electron chi connectivity index (χ0n) is 15.0. The number of hydroxylamine groups is 1. The van der Waals surface area contributed by atoms with E-state index in [-0.39, 0.29) is 17.3 Å². The van der Waals surface area contributed by atoms with Crippen LogP contribution in [-0.2, 0) is 14.8 Å². The Labute approximate surface area is 158 Å². The molecule has 0 saturated carbocycles. The maximum absolute atomic E-state index is 12.8. The molecule has 9 heteroatoms. The van der Waals surface area contributed by atoms with Crippen LogP contribution in [0, 0.1) is 0 Å². The molecule has 0 atom stereocenters. The van der Waals surface area contributed by atoms with Crippen molar-refractivity contribution in [3.05, 3.63) is 48.7 Å². The third kappa shape index (κ3) is 6.02. The van der Waals surface area contributed by atoms with E-state index in [9.17, 15) is 13.2 Å². The summed E-state index contributed by atoms with van der Waals surface area (Å²) in [4.78, 5) is 15.5. The lowest BCUT2D eigenvalue weighted by Gasteiger charge is -2.21. The Hall–Kier alpha value is -2.49. The number of amides is 1. The average Bonchev–Trinajstić information content (AvgIpc) is 2.68. The number of hydrogen-bond acceptors (Lipinski definition) is 6. The number of hydrogen-bond donors (Lipinski definition) is 2. The van der Waals surface area contributed by atoms with Crippen LogP contribution in [0.3, 0.4) is 0 Å². The summed E-state index contributed by atoms with van der Waals surface area (Å²) in [6.07, 6.45) is 3.54. The molecule has 0 radical (unpaired) electrons. The Morgan fingerprint density at radius 3 is 2.52 bits per heavy atom. The number of nitrogens with one attached hydrogen (secondary N) is 1. The van der Waals surface area contributed by atoms with Gasteiger partial charge in [-0.2, -0.15) is 4.31 Å². The lowest BCUT2D eigenvalue weighted by atomic mass is 10.2. The van der Waals surface area contributed by atoms with Crippen molar-refractivity contribution in [2.75, 3.05) is 13.1 Å². The second kappa shape index (κ2) is 10.0. The first-order valence-electron chi connectivity index (χ1n) is 8.59. The largest absolute Gasteiger partial charge is 0.439 e. The van der Waals surface area contributed by atoms with Crippen molar-refractivity contribution in [1.82, 2.24) is 14.8 Å². The standard InChI is InChI=1S/C18H23N3O5S/c1-2-3-7-12-21(14-17(22)20-23)27(24,25)16-10-11-18(19-13-16)26-15-8-5-4-6-9-15/h4-6,8-11,13,23H,2-3,7,12,14H2,1H3,(H,20,22). The Balaban J connectivity index is 2.17. The molecule has 0 saturated heterocycles. The first-order chi connectivity index (χ1) is 13.0. The molecule has 0 aliphatic carbocycles. The topological polar surface area (TPSA) is 109 Å². The molecular weight excluding hydrogens is 370 g/mol. The number of pyridine rings is 1. The first kappa shape index (κ1) is 20.8. The van der Waals surface area contributed by atoms with E-state index in [2.05, 4.69) is 4.98 Å². The number of ether oxygens (including phenoxy) is 1. The molecule has 1 aromatic carbocycles. The van der Waals surface area contributed by atoms with Gasteiger partial charge in [0.25, 0.3) is 5.91 Å². The van der Waals surface area contributed by atoms with E-state index < -0.39 is 22.5 Å². The number of benzene rings is 1. The molecule has 0 bridgehead atoms. The summed E-state index contributed by atoms with van der Waals surface area (Å²) >= 11 is 0. The van der Waals surface area contributed by atoms with Gasteiger partial charge in [-0.25, -0.2) is 18.9 Å². The summed E-state index contributed by atoms with van der Waals surface area (Å²) < 4.78 is 32.2. The molecule has 0 aliphatic heterocycles. The highest BCUT2D eigenvalue weighted by atomic mass is 32.2. The molecule has 2 aromatic rings. The van der Waals surface area contributed by atoms with Crippen molar-refractivity contribution < 1.29 is 23.2 Å². The van der Waals surface area contributed by atoms with Gasteiger partial charge in [0.2, 0.25) is 15.9 Å². The van der Waals surface area contributed by atoms with Gasteiger partial charge in [0.1, 0.15) is 10.6 Å². The summed E-state index contributed by atoms with van der Waals surface area (Å²) in [5.74, 6) is 0.0410. The Bertz CT molecular complexity index is 826. The predicted molar refractivity (Wildman–Crippen MR) is 99.0 cm³/mol. The Morgan fingerprint density at radius 1 is 1.19 bits per heavy atom. The number of carbonyl (C=O) groups excluding carboxylic acids is 1. The Kier molecular flexibility index (Phi) is 7.71. The molecule has 1 heterocycles. The van der Waals surface area contributed by atoms with E-state index >= 15 is 0 Å². The molecule has 27 heavy (non-hydrogen) atoms. The molecule has 0 unspecified atom stereocenters. The minimum atomic E-state index is -3.93. The highest BCUT2D eigenvalue weighted by Crippen LogP contribution is 2.22. The van der Waals surface area contributed by atoms with Gasteiger partial charge in [0, 0.05) is 12.6 Å². The smallest absolute Gasteiger partial charge is 0.258 e. The van der Waals surface area contributed by atoms with Gasteiger partial charge >= 0.3 is 0 Å². The third-order valence-corrected chi connectivity index (χ3v) is 5.60. The lowest BCUT2D eigenvalue weighted by Crippen LogP contribution is -2.40. The van der Waals surface area contributed by atoms with Crippen LogP contribution in [0.15, 0.2) is 53.6 Å². The molecule has 1 amide bonds. The maximum atomic E-state index is 12.8. The average molecular weight is 393 g/mol. The highest BCUT2D eigenvalue weighted by Gasteiger charge is 2.26. The van der Waals surface area contributed by atoms with Crippen molar-refractivity contribution in [2.45, 2.75) is 31.1 Å². The lowest BCUT2D eigenvalue weighted by molar-refractivity contribution is -0.129. The quantitative estimate of drug-likeness (QED) is 0.365. The van der Waals surface area contributed by atoms with Crippen LogP contribution in [0.5, 0.6) is 11.6 Å². The van der Waals surface area contributed by atoms with Crippen molar-refractivity contribution in [2.24, 2.45) is 0 Å². The van der Waals surface area contributed by atoms with Crippen molar-refractivity contribution in [3.63, 3.8) is 0 Å². The number of unbranched alkanes of at least 4 members (excludes halogenated alkanes) is 2. The highest BCUT2D eigenvalue weighted by molar-refractivity contribution is 7.89. The van der Waals surface area contributed by atoms with Crippen LogP contribution < -0.4 is 10.2 Å². The molecule has 0 fully saturated rings. The molecule has 1 aromatic heterocycles. The zero-order chi connectivity index (χ0) is 19.7. The van der Waals surface area contributed by atoms with Crippen LogP contribution in [-0.4, -0.2) is 41.9 Å². The summed E-state index contributed by atoms with van der Waals surface area (Å²) in [7, 11) is -3.93. The maximum Gasteiger partial charge on any atom is 0.258 e. The van der Waals surface area contributed by atoms with Gasteiger partial charge in [0.15, 0.2) is 0 Å². The summed E-state index contributed by atoms with van der Waals surface area (Å²) in [5.41, 5.74) is 1.47. The summed E-state index contributed by atoms with van der Waals surface area (Å²) in [5, 5.41) is 8.72. The second-order valence-electron chi connectivity index (χ2n) is 5.83. The monoisotopic (exact) mass is 393 g/mol. The minimum absolute atomic E-state index is 0.0508. The van der Waals surface area contributed by atoms with Gasteiger partial charge in [-0.1, -0.05) is 38.0 Å². The van der Waals surface area contributed by atoms with E-state index in [1.165, 1.54) is 23.8 Å². The number of carbonyl (C=O) groups is 1. The van der Waals surface area contributed by atoms with E-state index in [4.69, 9.17) is 9.94 Å². The fourth-order valence-electron chi connectivity index (χ4n) is 2.36. The number of aromatic nitrogens is 1. The SMILES string of the molecule is CCCCCN(CC(=O)NO)S(=O)(=O)c1ccc(Oc2ccccc2)nc1. The zero-order valence-corrected chi connectivity index (χ0v) is 15.9. The van der Waals surface area contributed by atoms with Crippen LogP contribution >= 0.6 is 0 Å². The molecule has 146 valence electrons. The molecule has 2 rings (SSSR count). The second-order valence-corrected chi connectivity index (χ2v) is 7.77. The fraction of sp³-hybridized carbons (Fsp3) is 0.333. The van der Waals surface area contributed by atoms with E-state index in [1.54, 1.807) is 12.1 Å². The number of rotatable bonds is 10. The summed E-state index contributed by atoms with van der Waals surface area (Å²) in [6, 6.07) is 11.8. The van der Waals surface area contributed by atoms with Gasteiger partial charge in [-0.3, -0.25) is 10.0 Å². The summed E-state index contributed by atoms with van der Waals surface area (Å²) in [6.45, 7) is 1.70. The van der Waals surface area contributed by atoms with E-state index in [0.29, 0.717) is 12.2 Å². The molecule has 0 spiro atoms. The van der Waals surface area contributed by atoms with Crippen molar-refractivity contribution in [3.8, 4) is 11.6 Å². The van der Waals surface area contributed by atoms with Crippen molar-refractivity contribution in [1.29, 1.82) is 0 Å². The predicted octanol–water partition coefficient (Wildman–Crippen LogP) is 2.56. The van der Waals surface area contributed by atoms with E-state index in [0.717, 1.165) is 17.1 Å². The Morgan fingerprint density at radius 2 is 1.93 bits per heavy atom. The first-order valence-corrected chi connectivity index (χ1v) is 10.0. The number of sulfonamides is 1. The fourth-order valence-corrected chi connectivity index (χ4v) is 3.74. The minimum Gasteiger partial charge on any atom is -0.439 e. The third-order valence-electron chi connectivity index (χ3n) is 3.77. The molecule has 8 nitrogen and oxygen atoms in total. The van der Waals surface area contributed by atoms with Gasteiger partial charge < -0.3 is 4.74 Å². The number of nitrogens with zero attached hydrogens (tertiary/aromatic N) is 2. The van der Waals surface area contributed by atoms with Crippen LogP contribution in [0.2, 0.25) is 0 Å². The molecule has 0 aliphatic rings. The number of para-hydroxylation sites is 1. The van der Waals surface area contributed by atoms with Gasteiger partial charge in [-0.15, -0.1) is 0 Å².